The van der Waals surface area contributed by atoms with Gasteiger partial charge in [-0.05, 0) is 38.8 Å². The fourth-order valence-corrected chi connectivity index (χ4v) is 3.69. The number of methoxy groups -OCH3 is 1. The molecule has 0 N–H and O–H groups in total. The molecule has 0 radical (unpaired) electrons. The van der Waals surface area contributed by atoms with Crippen LogP contribution in [0, 0.1) is 0 Å². The van der Waals surface area contributed by atoms with Crippen molar-refractivity contribution in [3.8, 4) is 5.88 Å². The number of ether oxygens (including phenoxy) is 2. The molecule has 1 unspecified atom stereocenters. The Balaban J connectivity index is 1.61. The molecule has 142 valence electrons. The second kappa shape index (κ2) is 7.64. The molecule has 6 heteroatoms. The Morgan fingerprint density at radius 2 is 2.11 bits per heavy atom. The summed E-state index contributed by atoms with van der Waals surface area (Å²) in [6.45, 7) is 6.56. The third-order valence-electron chi connectivity index (χ3n) is 5.03. The number of aliphatic imine (C=N–C) groups is 1. The van der Waals surface area contributed by atoms with Crippen LogP contribution in [0.3, 0.4) is 0 Å². The van der Waals surface area contributed by atoms with Crippen molar-refractivity contribution < 1.29 is 9.47 Å². The van der Waals surface area contributed by atoms with E-state index in [1.54, 1.807) is 7.11 Å². The molecule has 1 atom stereocenters. The summed E-state index contributed by atoms with van der Waals surface area (Å²) in [6.07, 6.45) is 6.34. The van der Waals surface area contributed by atoms with Gasteiger partial charge in [0, 0.05) is 55.3 Å². The summed E-state index contributed by atoms with van der Waals surface area (Å²) in [5.41, 5.74) is 4.31. The minimum absolute atomic E-state index is 0.0951. The van der Waals surface area contributed by atoms with Crippen molar-refractivity contribution >= 4 is 11.5 Å². The highest BCUT2D eigenvalue weighted by Crippen LogP contribution is 2.27. The van der Waals surface area contributed by atoms with Crippen LogP contribution in [-0.4, -0.2) is 48.1 Å². The van der Waals surface area contributed by atoms with Gasteiger partial charge in [-0.3, -0.25) is 4.99 Å². The molecule has 2 aromatic rings. The normalized spacial score (nSPS) is 19.2. The summed E-state index contributed by atoms with van der Waals surface area (Å²) >= 11 is 0. The second-order valence-electron chi connectivity index (χ2n) is 7.36. The Morgan fingerprint density at radius 1 is 1.22 bits per heavy atom. The fourth-order valence-electron chi connectivity index (χ4n) is 3.69. The van der Waals surface area contributed by atoms with Crippen molar-refractivity contribution in [2.75, 3.05) is 25.1 Å². The van der Waals surface area contributed by atoms with Crippen LogP contribution in [0.1, 0.15) is 43.4 Å². The van der Waals surface area contributed by atoms with Gasteiger partial charge in [0.2, 0.25) is 5.88 Å². The van der Waals surface area contributed by atoms with Crippen LogP contribution in [0.5, 0.6) is 5.88 Å². The number of rotatable bonds is 5. The molecule has 2 aliphatic rings. The summed E-state index contributed by atoms with van der Waals surface area (Å²) in [5, 5.41) is 0. The molecule has 1 fully saturated rings. The SMILES string of the molecule is COC1CCCN(c2cc(C3=NCc4cnc(OC(C)C)cc43)ccn2)C1. The monoisotopic (exact) mass is 366 g/mol. The number of anilines is 1. The molecule has 4 heterocycles. The zero-order valence-electron chi connectivity index (χ0n) is 16.2. The van der Waals surface area contributed by atoms with Crippen LogP contribution >= 0.6 is 0 Å². The minimum Gasteiger partial charge on any atom is -0.475 e. The molecule has 4 rings (SSSR count). The zero-order valence-corrected chi connectivity index (χ0v) is 16.2. The van der Waals surface area contributed by atoms with Crippen molar-refractivity contribution in [1.82, 2.24) is 9.97 Å². The smallest absolute Gasteiger partial charge is 0.214 e. The van der Waals surface area contributed by atoms with E-state index in [-0.39, 0.29) is 12.2 Å². The quantitative estimate of drug-likeness (QED) is 0.813. The van der Waals surface area contributed by atoms with E-state index in [2.05, 4.69) is 20.9 Å². The first-order valence-electron chi connectivity index (χ1n) is 9.58. The first-order valence-corrected chi connectivity index (χ1v) is 9.58. The molecule has 27 heavy (non-hydrogen) atoms. The van der Waals surface area contributed by atoms with Crippen LogP contribution in [0.25, 0.3) is 0 Å². The third-order valence-corrected chi connectivity index (χ3v) is 5.03. The van der Waals surface area contributed by atoms with Gasteiger partial charge in [0.25, 0.3) is 0 Å². The van der Waals surface area contributed by atoms with E-state index in [1.807, 2.05) is 38.4 Å². The maximum Gasteiger partial charge on any atom is 0.214 e. The molecule has 2 aliphatic heterocycles. The van der Waals surface area contributed by atoms with Crippen molar-refractivity contribution in [3.63, 3.8) is 0 Å². The van der Waals surface area contributed by atoms with Crippen molar-refractivity contribution in [2.45, 2.75) is 45.4 Å². The topological polar surface area (TPSA) is 59.8 Å². The lowest BCUT2D eigenvalue weighted by Gasteiger charge is -2.32. The van der Waals surface area contributed by atoms with E-state index >= 15 is 0 Å². The van der Waals surface area contributed by atoms with Crippen LogP contribution in [0.4, 0.5) is 5.82 Å². The van der Waals surface area contributed by atoms with Gasteiger partial charge >= 0.3 is 0 Å². The molecular weight excluding hydrogens is 340 g/mol. The first-order chi connectivity index (χ1) is 13.1. The largest absolute Gasteiger partial charge is 0.475 e. The maximum atomic E-state index is 5.77. The van der Waals surface area contributed by atoms with E-state index in [4.69, 9.17) is 14.5 Å². The van der Waals surface area contributed by atoms with Gasteiger partial charge in [0.15, 0.2) is 0 Å². The molecule has 6 nitrogen and oxygen atoms in total. The van der Waals surface area contributed by atoms with Crippen molar-refractivity contribution in [2.24, 2.45) is 4.99 Å². The Bertz CT molecular complexity index is 850. The average molecular weight is 366 g/mol. The maximum absolute atomic E-state index is 5.77. The van der Waals surface area contributed by atoms with Crippen molar-refractivity contribution in [3.05, 3.63) is 47.3 Å². The molecule has 1 saturated heterocycles. The highest BCUT2D eigenvalue weighted by atomic mass is 16.5. The van der Waals surface area contributed by atoms with Gasteiger partial charge in [-0.1, -0.05) is 0 Å². The lowest BCUT2D eigenvalue weighted by molar-refractivity contribution is 0.0891. The molecule has 0 aliphatic carbocycles. The van der Waals surface area contributed by atoms with Gasteiger partial charge in [-0.25, -0.2) is 9.97 Å². The average Bonchev–Trinajstić information content (AvgIpc) is 3.11. The number of pyridine rings is 2. The Morgan fingerprint density at radius 3 is 2.93 bits per heavy atom. The number of aromatic nitrogens is 2. The highest BCUT2D eigenvalue weighted by molar-refractivity contribution is 6.15. The van der Waals surface area contributed by atoms with Crippen LogP contribution < -0.4 is 9.64 Å². The summed E-state index contributed by atoms with van der Waals surface area (Å²) < 4.78 is 11.3. The predicted octanol–water partition coefficient (Wildman–Crippen LogP) is 3.23. The molecular formula is C21H26N4O2. The Kier molecular flexibility index (Phi) is 5.07. The van der Waals surface area contributed by atoms with E-state index in [0.29, 0.717) is 12.4 Å². The Hall–Kier alpha value is -2.47. The summed E-state index contributed by atoms with van der Waals surface area (Å²) in [6, 6.07) is 6.16. The van der Waals surface area contributed by atoms with E-state index in [0.717, 1.165) is 54.2 Å². The minimum atomic E-state index is 0.0951. The highest BCUT2D eigenvalue weighted by Gasteiger charge is 2.23. The van der Waals surface area contributed by atoms with E-state index < -0.39 is 0 Å². The zero-order chi connectivity index (χ0) is 18.8. The fraction of sp³-hybridized carbons (Fsp3) is 0.476. The first kappa shape index (κ1) is 17.9. The number of piperidine rings is 1. The van der Waals surface area contributed by atoms with E-state index in [1.165, 1.54) is 0 Å². The molecule has 2 aromatic heterocycles. The van der Waals surface area contributed by atoms with Gasteiger partial charge in [-0.2, -0.15) is 0 Å². The third kappa shape index (κ3) is 3.81. The molecule has 0 aromatic carbocycles. The number of nitrogens with zero attached hydrogens (tertiary/aromatic N) is 4. The molecule has 0 bridgehead atoms. The second-order valence-corrected chi connectivity index (χ2v) is 7.36. The summed E-state index contributed by atoms with van der Waals surface area (Å²) in [5.74, 6) is 1.63. The number of fused-ring (bicyclic) bond motifs is 1. The van der Waals surface area contributed by atoms with Crippen LogP contribution in [0.15, 0.2) is 35.6 Å². The lowest BCUT2D eigenvalue weighted by atomic mass is 10.0. The van der Waals surface area contributed by atoms with Gasteiger partial charge < -0.3 is 14.4 Å². The van der Waals surface area contributed by atoms with Gasteiger partial charge in [-0.15, -0.1) is 0 Å². The van der Waals surface area contributed by atoms with Gasteiger partial charge in [0.05, 0.1) is 24.5 Å². The van der Waals surface area contributed by atoms with Crippen LogP contribution in [-0.2, 0) is 11.3 Å². The van der Waals surface area contributed by atoms with E-state index in [9.17, 15) is 0 Å². The summed E-state index contributed by atoms with van der Waals surface area (Å²) in [7, 11) is 1.78. The Labute approximate surface area is 160 Å². The molecule has 0 amide bonds. The number of hydrogen-bond acceptors (Lipinski definition) is 6. The van der Waals surface area contributed by atoms with Gasteiger partial charge in [0.1, 0.15) is 5.82 Å². The van der Waals surface area contributed by atoms with Crippen LogP contribution in [0.2, 0.25) is 0 Å². The molecule has 0 saturated carbocycles. The predicted molar refractivity (Wildman–Crippen MR) is 106 cm³/mol. The lowest BCUT2D eigenvalue weighted by Crippen LogP contribution is -2.39. The summed E-state index contributed by atoms with van der Waals surface area (Å²) in [4.78, 5) is 16.1. The molecule has 0 spiro atoms. The number of hydrogen-bond donors (Lipinski definition) is 0. The standard InChI is InChI=1S/C21H26N4O2/c1-14(2)27-20-10-18-16(11-23-20)12-24-21(18)15-6-7-22-19(9-15)25-8-4-5-17(13-25)26-3/h6-7,9-11,14,17H,4-5,8,12-13H2,1-3H3. The van der Waals surface area contributed by atoms with Crippen molar-refractivity contribution in [1.29, 1.82) is 0 Å².